The highest BCUT2D eigenvalue weighted by atomic mass is 32.2. The molecule has 1 amide bonds. The van der Waals surface area contributed by atoms with Crippen molar-refractivity contribution in [3.63, 3.8) is 0 Å². The third kappa shape index (κ3) is 4.65. The molecule has 0 fully saturated rings. The molecule has 168 valence electrons. The van der Waals surface area contributed by atoms with Gasteiger partial charge in [-0.15, -0.1) is 0 Å². The summed E-state index contributed by atoms with van der Waals surface area (Å²) in [6.07, 6.45) is 5.63. The van der Waals surface area contributed by atoms with Crippen molar-refractivity contribution in [2.75, 3.05) is 5.32 Å². The van der Waals surface area contributed by atoms with Gasteiger partial charge in [-0.3, -0.25) is 10.00 Å². The molecule has 11 heteroatoms. The van der Waals surface area contributed by atoms with E-state index in [1.807, 2.05) is 0 Å². The van der Waals surface area contributed by atoms with Crippen LogP contribution in [-0.2, 0) is 11.8 Å². The molecule has 0 saturated heterocycles. The number of nitrogens with zero attached hydrogens (tertiary/aromatic N) is 6. The maximum Gasteiger partial charge on any atom is 0.413 e. The molecule has 4 aromatic heterocycles. The second-order valence-corrected chi connectivity index (χ2v) is 9.14. The summed E-state index contributed by atoms with van der Waals surface area (Å²) in [5, 5.41) is 21.0. The summed E-state index contributed by atoms with van der Waals surface area (Å²) < 4.78 is 22.7. The first-order valence-electron chi connectivity index (χ1n) is 9.88. The van der Waals surface area contributed by atoms with Gasteiger partial charge in [-0.25, -0.2) is 18.7 Å². The molecule has 0 spiro atoms. The average Bonchev–Trinajstić information content (AvgIpc) is 3.32. The zero-order chi connectivity index (χ0) is 23.8. The minimum atomic E-state index is -0.666. The van der Waals surface area contributed by atoms with Crippen LogP contribution < -0.4 is 5.32 Å². The van der Waals surface area contributed by atoms with E-state index in [-0.39, 0.29) is 5.03 Å². The van der Waals surface area contributed by atoms with E-state index in [1.54, 1.807) is 50.8 Å². The SMILES string of the molecule is Cn1ncc(-c2cc(Sc3ncccc3F)c3c(C#N)cnn3c2)c1NC(=O)OC(C)(C)C. The number of hydrogen-bond donors (Lipinski definition) is 1. The molecule has 0 radical (unpaired) electrons. The molecule has 0 aliphatic heterocycles. The predicted octanol–water partition coefficient (Wildman–Crippen LogP) is 4.64. The molecule has 0 aliphatic carbocycles. The van der Waals surface area contributed by atoms with Crippen molar-refractivity contribution in [1.82, 2.24) is 24.4 Å². The van der Waals surface area contributed by atoms with E-state index in [2.05, 4.69) is 26.6 Å². The number of amides is 1. The molecule has 1 N–H and O–H groups in total. The Hall–Kier alpha value is -3.91. The molecule has 33 heavy (non-hydrogen) atoms. The van der Waals surface area contributed by atoms with Crippen molar-refractivity contribution >= 4 is 29.2 Å². The molecular weight excluding hydrogens is 445 g/mol. The molecule has 9 nitrogen and oxygen atoms in total. The number of nitriles is 1. The van der Waals surface area contributed by atoms with Gasteiger partial charge < -0.3 is 4.74 Å². The maximum absolute atomic E-state index is 14.3. The number of carbonyl (C=O) groups excluding carboxylic acids is 1. The van der Waals surface area contributed by atoms with Crippen molar-refractivity contribution in [3.05, 3.63) is 54.4 Å². The first kappa shape index (κ1) is 22.3. The van der Waals surface area contributed by atoms with Crippen LogP contribution in [0, 0.1) is 17.1 Å². The van der Waals surface area contributed by atoms with Crippen LogP contribution in [0.3, 0.4) is 0 Å². The Bertz CT molecular complexity index is 1400. The smallest absolute Gasteiger partial charge is 0.413 e. The van der Waals surface area contributed by atoms with E-state index >= 15 is 0 Å². The fraction of sp³-hybridized carbons (Fsp3) is 0.227. The van der Waals surface area contributed by atoms with Gasteiger partial charge in [0.15, 0.2) is 5.82 Å². The van der Waals surface area contributed by atoms with Crippen LogP contribution in [0.2, 0.25) is 0 Å². The minimum Gasteiger partial charge on any atom is -0.444 e. The fourth-order valence-corrected chi connectivity index (χ4v) is 4.11. The molecular formula is C22H20FN7O2S. The number of nitrogens with one attached hydrogen (secondary N) is 1. The van der Waals surface area contributed by atoms with Gasteiger partial charge in [0.05, 0.1) is 23.5 Å². The lowest BCUT2D eigenvalue weighted by molar-refractivity contribution is 0.0634. The van der Waals surface area contributed by atoms with E-state index in [4.69, 9.17) is 4.74 Å². The maximum atomic E-state index is 14.3. The monoisotopic (exact) mass is 465 g/mol. The van der Waals surface area contributed by atoms with Crippen molar-refractivity contribution in [1.29, 1.82) is 5.26 Å². The lowest BCUT2D eigenvalue weighted by atomic mass is 10.1. The van der Waals surface area contributed by atoms with Crippen LogP contribution in [0.5, 0.6) is 0 Å². The van der Waals surface area contributed by atoms with E-state index in [0.29, 0.717) is 32.9 Å². The largest absolute Gasteiger partial charge is 0.444 e. The Morgan fingerprint density at radius 3 is 2.79 bits per heavy atom. The molecule has 4 heterocycles. The van der Waals surface area contributed by atoms with Gasteiger partial charge in [-0.1, -0.05) is 11.8 Å². The van der Waals surface area contributed by atoms with Crippen LogP contribution >= 0.6 is 11.8 Å². The van der Waals surface area contributed by atoms with E-state index in [0.717, 1.165) is 11.8 Å². The van der Waals surface area contributed by atoms with Crippen LogP contribution in [0.15, 0.2) is 52.9 Å². The van der Waals surface area contributed by atoms with Crippen LogP contribution in [0.4, 0.5) is 15.0 Å². The van der Waals surface area contributed by atoms with Gasteiger partial charge in [0.2, 0.25) is 0 Å². The molecule has 0 bridgehead atoms. The van der Waals surface area contributed by atoms with Gasteiger partial charge in [0.1, 0.15) is 22.5 Å². The first-order valence-corrected chi connectivity index (χ1v) is 10.7. The summed E-state index contributed by atoms with van der Waals surface area (Å²) >= 11 is 1.08. The quantitative estimate of drug-likeness (QED) is 0.467. The summed E-state index contributed by atoms with van der Waals surface area (Å²) in [6.45, 7) is 5.32. The number of rotatable bonds is 4. The number of ether oxygens (including phenoxy) is 1. The summed E-state index contributed by atoms with van der Waals surface area (Å²) in [4.78, 5) is 17.1. The molecule has 0 unspecified atom stereocenters. The third-order valence-corrected chi connectivity index (χ3v) is 5.52. The second-order valence-electron chi connectivity index (χ2n) is 8.11. The Balaban J connectivity index is 1.81. The Morgan fingerprint density at radius 1 is 1.30 bits per heavy atom. The third-order valence-electron chi connectivity index (χ3n) is 4.50. The van der Waals surface area contributed by atoms with Crippen LogP contribution in [0.25, 0.3) is 16.6 Å². The summed E-state index contributed by atoms with van der Waals surface area (Å²) in [5.41, 5.74) is 1.46. The van der Waals surface area contributed by atoms with E-state index in [9.17, 15) is 14.4 Å². The molecule has 0 aliphatic rings. The number of anilines is 1. The second kappa shape index (κ2) is 8.55. The van der Waals surface area contributed by atoms with Crippen molar-refractivity contribution in [3.8, 4) is 17.2 Å². The highest BCUT2D eigenvalue weighted by Crippen LogP contribution is 2.37. The van der Waals surface area contributed by atoms with Gasteiger partial charge in [-0.05, 0) is 39.0 Å². The first-order chi connectivity index (χ1) is 15.7. The fourth-order valence-electron chi connectivity index (χ4n) is 3.14. The number of hydrogen-bond acceptors (Lipinski definition) is 7. The molecule has 0 saturated carbocycles. The number of pyridine rings is 2. The zero-order valence-electron chi connectivity index (χ0n) is 18.3. The molecule has 0 atom stereocenters. The normalized spacial score (nSPS) is 11.4. The number of aryl methyl sites for hydroxylation is 1. The van der Waals surface area contributed by atoms with Crippen molar-refractivity contribution in [2.45, 2.75) is 36.3 Å². The number of carbonyl (C=O) groups is 1. The topological polar surface area (TPSA) is 110 Å². The number of fused-ring (bicyclic) bond motifs is 1. The highest BCUT2D eigenvalue weighted by Gasteiger charge is 2.22. The van der Waals surface area contributed by atoms with Gasteiger partial charge >= 0.3 is 6.09 Å². The molecule has 4 rings (SSSR count). The zero-order valence-corrected chi connectivity index (χ0v) is 19.1. The predicted molar refractivity (Wildman–Crippen MR) is 120 cm³/mol. The van der Waals surface area contributed by atoms with Crippen molar-refractivity contribution < 1.29 is 13.9 Å². The number of halogens is 1. The Kier molecular flexibility index (Phi) is 5.78. The van der Waals surface area contributed by atoms with Gasteiger partial charge in [0.25, 0.3) is 0 Å². The lowest BCUT2D eigenvalue weighted by Crippen LogP contribution is -2.28. The minimum absolute atomic E-state index is 0.167. The summed E-state index contributed by atoms with van der Waals surface area (Å²) in [5.74, 6) is -0.0611. The van der Waals surface area contributed by atoms with E-state index < -0.39 is 17.5 Å². The molecule has 0 aromatic carbocycles. The Labute approximate surface area is 193 Å². The van der Waals surface area contributed by atoms with Crippen LogP contribution in [-0.4, -0.2) is 36.1 Å². The van der Waals surface area contributed by atoms with Gasteiger partial charge in [0, 0.05) is 35.5 Å². The Morgan fingerprint density at radius 2 is 2.09 bits per heavy atom. The number of aromatic nitrogens is 5. The highest BCUT2D eigenvalue weighted by molar-refractivity contribution is 7.99. The van der Waals surface area contributed by atoms with Gasteiger partial charge in [-0.2, -0.15) is 15.5 Å². The average molecular weight is 466 g/mol. The standard InChI is InChI=1S/C22H20FN7O2S/c1-22(2,3)32-21(31)28-19-15(11-26-29(19)4)13-8-17(33-20-16(23)6-5-7-25-20)18-14(9-24)10-27-30(18)12-13/h5-8,10-12H,1-4H3,(H,28,31). The van der Waals surface area contributed by atoms with Crippen LogP contribution in [0.1, 0.15) is 26.3 Å². The lowest BCUT2D eigenvalue weighted by Gasteiger charge is -2.20. The summed E-state index contributed by atoms with van der Waals surface area (Å²) in [7, 11) is 1.69. The molecule has 4 aromatic rings. The summed E-state index contributed by atoms with van der Waals surface area (Å²) in [6, 6.07) is 6.73. The van der Waals surface area contributed by atoms with E-state index in [1.165, 1.54) is 29.2 Å². The van der Waals surface area contributed by atoms with Crippen molar-refractivity contribution in [2.24, 2.45) is 7.05 Å².